The number of carbonyl (C=O) groups excluding carboxylic acids is 2. The molecule has 0 aromatic heterocycles. The van der Waals surface area contributed by atoms with Gasteiger partial charge in [-0.25, -0.2) is 4.79 Å². The number of hydrogen-bond donors (Lipinski definition) is 1. The van der Waals surface area contributed by atoms with E-state index < -0.39 is 6.16 Å². The smallest absolute Gasteiger partial charge is 0.462 e. The van der Waals surface area contributed by atoms with E-state index in [9.17, 15) is 14.7 Å². The number of nitrogens with zero attached hydrogens (tertiary/aromatic N) is 1. The van der Waals surface area contributed by atoms with Crippen LogP contribution in [0.15, 0.2) is 0 Å². The highest BCUT2D eigenvalue weighted by molar-refractivity contribution is 5.69. The normalized spacial score (nSPS) is 12.1. The van der Waals surface area contributed by atoms with Crippen LogP contribution in [0.4, 0.5) is 4.79 Å². The number of carbonyl (C=O) groups is 2. The van der Waals surface area contributed by atoms with E-state index in [2.05, 4.69) is 25.7 Å². The molecule has 0 aliphatic rings. The highest BCUT2D eigenvalue weighted by atomic mass is 16.7. The lowest BCUT2D eigenvalue weighted by molar-refractivity contribution is -0.150. The molecule has 1 unspecified atom stereocenters. The lowest BCUT2D eigenvalue weighted by Gasteiger charge is -2.21. The summed E-state index contributed by atoms with van der Waals surface area (Å²) in [5.41, 5.74) is 0. The largest absolute Gasteiger partial charge is 0.508 e. The van der Waals surface area contributed by atoms with E-state index in [0.717, 1.165) is 83.7 Å². The Morgan fingerprint density at radius 3 is 1.45 bits per heavy atom. The molecule has 0 heterocycles. The van der Waals surface area contributed by atoms with Gasteiger partial charge in [0.05, 0.1) is 13.2 Å². The van der Waals surface area contributed by atoms with Crippen LogP contribution in [-0.4, -0.2) is 67.2 Å². The molecule has 0 aliphatic heterocycles. The minimum Gasteiger partial charge on any atom is -0.462 e. The molecule has 0 saturated heterocycles. The van der Waals surface area contributed by atoms with Crippen molar-refractivity contribution in [2.45, 2.75) is 239 Å². The number of esters is 1. The van der Waals surface area contributed by atoms with Gasteiger partial charge in [-0.05, 0) is 84.2 Å². The molecule has 0 bridgehead atoms. The zero-order chi connectivity index (χ0) is 37.5. The molecule has 0 saturated carbocycles. The Hall–Kier alpha value is -1.34. The lowest BCUT2D eigenvalue weighted by atomic mass is 10.0. The second-order valence-corrected chi connectivity index (χ2v) is 15.3. The summed E-state index contributed by atoms with van der Waals surface area (Å²) in [5.74, 6) is -0.00311. The van der Waals surface area contributed by atoms with Crippen LogP contribution in [0.5, 0.6) is 0 Å². The van der Waals surface area contributed by atoms with Gasteiger partial charge in [0.15, 0.2) is 0 Å². The van der Waals surface area contributed by atoms with Gasteiger partial charge < -0.3 is 24.2 Å². The fourth-order valence-electron chi connectivity index (χ4n) is 6.84. The molecule has 7 nitrogen and oxygen atoms in total. The van der Waals surface area contributed by atoms with Crippen LogP contribution >= 0.6 is 0 Å². The summed E-state index contributed by atoms with van der Waals surface area (Å²) in [5, 5.41) is 9.53. The van der Waals surface area contributed by atoms with E-state index in [1.807, 2.05) is 6.92 Å². The van der Waals surface area contributed by atoms with Gasteiger partial charge in [-0.3, -0.25) is 4.79 Å². The minimum absolute atomic E-state index is 0.00311. The van der Waals surface area contributed by atoms with E-state index in [1.54, 1.807) is 0 Å². The van der Waals surface area contributed by atoms with Crippen molar-refractivity contribution in [2.75, 3.05) is 32.8 Å². The average Bonchev–Trinajstić information content (AvgIpc) is 3.11. The Balaban J connectivity index is 4.03. The van der Waals surface area contributed by atoms with Crippen LogP contribution in [0.1, 0.15) is 227 Å². The Kier molecular flexibility index (Phi) is 38.8. The molecule has 0 radical (unpaired) electrons. The molecule has 0 aromatic rings. The van der Waals surface area contributed by atoms with Gasteiger partial charge in [0.1, 0.15) is 12.2 Å². The zero-order valence-corrected chi connectivity index (χ0v) is 34.5. The summed E-state index contributed by atoms with van der Waals surface area (Å²) in [6.07, 6.45) is 35.4. The predicted octanol–water partition coefficient (Wildman–Crippen LogP) is 12.9. The monoisotopic (exact) mass is 726 g/mol. The van der Waals surface area contributed by atoms with Crippen molar-refractivity contribution in [1.29, 1.82) is 0 Å². The van der Waals surface area contributed by atoms with Gasteiger partial charge in [0, 0.05) is 13.0 Å². The molecule has 1 atom stereocenters. The SMILES string of the molecule is CCCCCCCCCCC(C)OC(=O)OCCCCN(CCO)CCCCCCCC(=O)OC(CCCCCCCC)CCCCCCCC. The first-order valence-corrected chi connectivity index (χ1v) is 22.3. The summed E-state index contributed by atoms with van der Waals surface area (Å²) in [4.78, 5) is 27.0. The van der Waals surface area contributed by atoms with Gasteiger partial charge >= 0.3 is 12.1 Å². The third-order valence-corrected chi connectivity index (χ3v) is 10.2. The molecule has 51 heavy (non-hydrogen) atoms. The summed E-state index contributed by atoms with van der Waals surface area (Å²) in [6, 6.07) is 0. The molecule has 0 amide bonds. The van der Waals surface area contributed by atoms with Gasteiger partial charge in [0.25, 0.3) is 0 Å². The van der Waals surface area contributed by atoms with Crippen LogP contribution in [0.3, 0.4) is 0 Å². The van der Waals surface area contributed by atoms with Crippen LogP contribution in [0.25, 0.3) is 0 Å². The zero-order valence-electron chi connectivity index (χ0n) is 34.5. The van der Waals surface area contributed by atoms with E-state index in [0.29, 0.717) is 19.6 Å². The summed E-state index contributed by atoms with van der Waals surface area (Å²) >= 11 is 0. The fraction of sp³-hybridized carbons (Fsp3) is 0.955. The summed E-state index contributed by atoms with van der Waals surface area (Å²) in [6.45, 7) is 11.8. The maximum Gasteiger partial charge on any atom is 0.508 e. The highest BCUT2D eigenvalue weighted by Crippen LogP contribution is 2.18. The number of rotatable bonds is 40. The van der Waals surface area contributed by atoms with Gasteiger partial charge in [-0.2, -0.15) is 0 Å². The van der Waals surface area contributed by atoms with E-state index in [-0.39, 0.29) is 24.8 Å². The topological polar surface area (TPSA) is 85.3 Å². The second kappa shape index (κ2) is 39.9. The first kappa shape index (κ1) is 49.7. The van der Waals surface area contributed by atoms with Crippen LogP contribution in [-0.2, 0) is 19.0 Å². The molecular formula is C44H87NO6. The minimum atomic E-state index is -0.552. The van der Waals surface area contributed by atoms with Crippen molar-refractivity contribution in [1.82, 2.24) is 4.90 Å². The third-order valence-electron chi connectivity index (χ3n) is 10.2. The Morgan fingerprint density at radius 2 is 0.941 bits per heavy atom. The van der Waals surface area contributed by atoms with Crippen molar-refractivity contribution >= 4 is 12.1 Å². The molecule has 0 aliphatic carbocycles. The predicted molar refractivity (Wildman–Crippen MR) is 215 cm³/mol. The fourth-order valence-corrected chi connectivity index (χ4v) is 6.84. The number of aliphatic hydroxyl groups is 1. The van der Waals surface area contributed by atoms with Gasteiger partial charge in [-0.15, -0.1) is 0 Å². The van der Waals surface area contributed by atoms with Crippen molar-refractivity contribution in [2.24, 2.45) is 0 Å². The number of hydrogen-bond acceptors (Lipinski definition) is 7. The van der Waals surface area contributed by atoms with Crippen LogP contribution in [0, 0.1) is 0 Å². The van der Waals surface area contributed by atoms with Crippen molar-refractivity contribution in [3.8, 4) is 0 Å². The van der Waals surface area contributed by atoms with Crippen molar-refractivity contribution < 1.29 is 28.9 Å². The quantitative estimate of drug-likeness (QED) is 0.0497. The molecule has 304 valence electrons. The molecule has 0 aromatic carbocycles. The first-order valence-electron chi connectivity index (χ1n) is 22.3. The Bertz CT molecular complexity index is 718. The first-order chi connectivity index (χ1) is 25.0. The number of aliphatic hydroxyl groups excluding tert-OH is 1. The van der Waals surface area contributed by atoms with Crippen LogP contribution in [0.2, 0.25) is 0 Å². The molecule has 0 fully saturated rings. The highest BCUT2D eigenvalue weighted by Gasteiger charge is 2.15. The molecule has 7 heteroatoms. The van der Waals surface area contributed by atoms with E-state index in [1.165, 1.54) is 122 Å². The second-order valence-electron chi connectivity index (χ2n) is 15.3. The van der Waals surface area contributed by atoms with Gasteiger partial charge in [0.2, 0.25) is 0 Å². The number of unbranched alkanes of at least 4 members (excludes halogenated alkanes) is 22. The maximum atomic E-state index is 12.7. The standard InChI is InChI=1S/C44H87NO6/c1-5-8-11-14-17-18-20-25-32-41(4)50-44(48)49-40-31-30-37-45(38-39-46)36-29-24-19-23-28-35-43(47)51-42(33-26-21-15-12-9-6-2)34-27-22-16-13-10-7-3/h41-42,46H,5-40H2,1-4H3. The molecule has 1 N–H and O–H groups in total. The van der Waals surface area contributed by atoms with Crippen molar-refractivity contribution in [3.63, 3.8) is 0 Å². The maximum absolute atomic E-state index is 12.7. The Labute approximate surface area is 317 Å². The molecule has 0 spiro atoms. The molecular weight excluding hydrogens is 638 g/mol. The van der Waals surface area contributed by atoms with Crippen molar-refractivity contribution in [3.05, 3.63) is 0 Å². The van der Waals surface area contributed by atoms with E-state index in [4.69, 9.17) is 14.2 Å². The number of ether oxygens (including phenoxy) is 3. The lowest BCUT2D eigenvalue weighted by Crippen LogP contribution is -2.29. The average molecular weight is 726 g/mol. The van der Waals surface area contributed by atoms with Crippen LogP contribution < -0.4 is 0 Å². The summed E-state index contributed by atoms with van der Waals surface area (Å²) < 4.78 is 16.7. The molecule has 0 rings (SSSR count). The Morgan fingerprint density at radius 1 is 0.510 bits per heavy atom. The van der Waals surface area contributed by atoms with E-state index >= 15 is 0 Å². The van der Waals surface area contributed by atoms with Gasteiger partial charge in [-0.1, -0.05) is 149 Å². The third kappa shape index (κ3) is 36.8. The summed E-state index contributed by atoms with van der Waals surface area (Å²) in [7, 11) is 0.